The van der Waals surface area contributed by atoms with Crippen molar-refractivity contribution in [1.29, 1.82) is 5.26 Å². The summed E-state index contributed by atoms with van der Waals surface area (Å²) in [4.78, 5) is 9.31. The van der Waals surface area contributed by atoms with Gasteiger partial charge < -0.3 is 4.90 Å². The van der Waals surface area contributed by atoms with Crippen LogP contribution in [0.5, 0.6) is 0 Å². The molecule has 1 unspecified atom stereocenters. The first kappa shape index (κ1) is 12.5. The summed E-state index contributed by atoms with van der Waals surface area (Å²) in [5.41, 5.74) is 0.910. The Morgan fingerprint density at radius 3 is 3.12 bits per heavy atom. The van der Waals surface area contributed by atoms with Gasteiger partial charge >= 0.3 is 0 Å². The van der Waals surface area contributed by atoms with Gasteiger partial charge in [0.2, 0.25) is 0 Å². The topological polar surface area (TPSA) is 43.2 Å². The predicted octanol–water partition coefficient (Wildman–Crippen LogP) is 1.52. The highest BCUT2D eigenvalue weighted by Crippen LogP contribution is 2.26. The van der Waals surface area contributed by atoms with Crippen LogP contribution in [0.1, 0.15) is 23.2 Å². The Bertz CT molecular complexity index is 409. The van der Waals surface area contributed by atoms with Crippen LogP contribution in [0, 0.1) is 11.3 Å². The van der Waals surface area contributed by atoms with E-state index in [0.717, 1.165) is 30.3 Å². The van der Waals surface area contributed by atoms with Gasteiger partial charge in [-0.05, 0) is 33.6 Å². The van der Waals surface area contributed by atoms with E-state index in [1.807, 2.05) is 5.38 Å². The van der Waals surface area contributed by atoms with Crippen molar-refractivity contribution in [2.75, 3.05) is 33.7 Å². The Morgan fingerprint density at radius 1 is 1.53 bits per heavy atom. The summed E-state index contributed by atoms with van der Waals surface area (Å²) in [6, 6.07) is 2.53. The van der Waals surface area contributed by atoms with Gasteiger partial charge in [0.15, 0.2) is 0 Å². The quantitative estimate of drug-likeness (QED) is 0.798. The van der Waals surface area contributed by atoms with Crippen LogP contribution < -0.4 is 0 Å². The molecule has 1 aromatic rings. The number of hydrogen-bond donors (Lipinski definition) is 0. The number of nitriles is 1. The summed E-state index contributed by atoms with van der Waals surface area (Å²) in [5.74, 6) is 0. The minimum Gasteiger partial charge on any atom is -0.304 e. The van der Waals surface area contributed by atoms with Crippen molar-refractivity contribution in [3.8, 4) is 6.07 Å². The van der Waals surface area contributed by atoms with E-state index in [9.17, 15) is 0 Å². The largest absolute Gasteiger partial charge is 0.304 e. The number of aromatic nitrogens is 1. The fourth-order valence-corrected chi connectivity index (χ4v) is 3.15. The molecular formula is C12H18N4S. The van der Waals surface area contributed by atoms with Crippen LogP contribution in [0.2, 0.25) is 0 Å². The number of likely N-dealkylation sites (N-methyl/N-ethyl adjacent to an activating group) is 2. The molecule has 4 nitrogen and oxygen atoms in total. The molecule has 1 saturated heterocycles. The normalized spacial score (nSPS) is 23.2. The zero-order chi connectivity index (χ0) is 12.3. The minimum absolute atomic E-state index is 0.375. The van der Waals surface area contributed by atoms with E-state index in [4.69, 9.17) is 5.26 Å². The van der Waals surface area contributed by atoms with E-state index >= 15 is 0 Å². The van der Waals surface area contributed by atoms with Crippen LogP contribution in [0.25, 0.3) is 0 Å². The molecule has 0 aromatic carbocycles. The van der Waals surface area contributed by atoms with Gasteiger partial charge in [-0.3, -0.25) is 4.90 Å². The molecule has 0 amide bonds. The molecule has 1 atom stereocenters. The van der Waals surface area contributed by atoms with Crippen LogP contribution >= 0.6 is 11.3 Å². The Kier molecular flexibility index (Phi) is 4.11. The van der Waals surface area contributed by atoms with Crippen molar-refractivity contribution in [3.05, 3.63) is 16.1 Å². The van der Waals surface area contributed by atoms with Gasteiger partial charge in [-0.2, -0.15) is 5.26 Å². The molecule has 0 saturated carbocycles. The summed E-state index contributed by atoms with van der Waals surface area (Å²) >= 11 is 1.68. The van der Waals surface area contributed by atoms with Crippen molar-refractivity contribution >= 4 is 11.3 Å². The molecule has 92 valence electrons. The van der Waals surface area contributed by atoms with E-state index in [2.05, 4.69) is 34.9 Å². The fourth-order valence-electron chi connectivity index (χ4n) is 2.18. The molecule has 5 heteroatoms. The second-order valence-electron chi connectivity index (χ2n) is 4.62. The average molecular weight is 250 g/mol. The highest BCUT2D eigenvalue weighted by molar-refractivity contribution is 7.09. The van der Waals surface area contributed by atoms with Gasteiger partial charge in [0.25, 0.3) is 0 Å². The minimum atomic E-state index is 0.375. The van der Waals surface area contributed by atoms with Crippen LogP contribution in [-0.4, -0.2) is 48.5 Å². The van der Waals surface area contributed by atoms with Crippen molar-refractivity contribution < 1.29 is 0 Å². The highest BCUT2D eigenvalue weighted by Gasteiger charge is 2.24. The second-order valence-corrected chi connectivity index (χ2v) is 5.51. The summed E-state index contributed by atoms with van der Waals surface area (Å²) in [6.07, 6.45) is 1.63. The predicted molar refractivity (Wildman–Crippen MR) is 68.9 cm³/mol. The monoisotopic (exact) mass is 250 g/mol. The number of thiazole rings is 1. The second kappa shape index (κ2) is 5.58. The standard InChI is InChI=1S/C12H18N4S/c1-15-6-3-7-16(2)11(8-15)12-14-10(4-5-13)9-17-12/h9,11H,3-4,6-8H2,1-2H3. The Labute approximate surface area is 106 Å². The van der Waals surface area contributed by atoms with Gasteiger partial charge in [0.05, 0.1) is 24.2 Å². The number of rotatable bonds is 2. The van der Waals surface area contributed by atoms with Gasteiger partial charge in [-0.15, -0.1) is 11.3 Å². The highest BCUT2D eigenvalue weighted by atomic mass is 32.1. The third kappa shape index (κ3) is 3.03. The third-order valence-electron chi connectivity index (χ3n) is 3.18. The van der Waals surface area contributed by atoms with E-state index in [-0.39, 0.29) is 0 Å². The van der Waals surface area contributed by atoms with E-state index in [1.54, 1.807) is 11.3 Å². The molecule has 0 N–H and O–H groups in total. The molecular weight excluding hydrogens is 232 g/mol. The molecule has 0 radical (unpaired) electrons. The maximum atomic E-state index is 8.67. The summed E-state index contributed by atoms with van der Waals surface area (Å²) in [5, 5.41) is 11.8. The molecule has 1 fully saturated rings. The lowest BCUT2D eigenvalue weighted by molar-refractivity contribution is 0.228. The number of nitrogens with zero attached hydrogens (tertiary/aromatic N) is 4. The smallest absolute Gasteiger partial charge is 0.111 e. The molecule has 0 bridgehead atoms. The van der Waals surface area contributed by atoms with Crippen LogP contribution in [0.15, 0.2) is 5.38 Å². The summed E-state index contributed by atoms with van der Waals surface area (Å²) < 4.78 is 0. The Morgan fingerprint density at radius 2 is 2.35 bits per heavy atom. The molecule has 0 spiro atoms. The first-order chi connectivity index (χ1) is 8.20. The lowest BCUT2D eigenvalue weighted by atomic mass is 10.2. The lowest BCUT2D eigenvalue weighted by Gasteiger charge is -2.25. The van der Waals surface area contributed by atoms with Gasteiger partial charge in [-0.25, -0.2) is 4.98 Å². The average Bonchev–Trinajstić information content (AvgIpc) is 2.67. The fraction of sp³-hybridized carbons (Fsp3) is 0.667. The van der Waals surface area contributed by atoms with Gasteiger partial charge in [0, 0.05) is 11.9 Å². The number of hydrogen-bond acceptors (Lipinski definition) is 5. The van der Waals surface area contributed by atoms with Crippen LogP contribution in [0.4, 0.5) is 0 Å². The maximum absolute atomic E-state index is 8.67. The van der Waals surface area contributed by atoms with Crippen molar-refractivity contribution in [2.45, 2.75) is 18.9 Å². The molecule has 1 aliphatic rings. The molecule has 2 heterocycles. The van der Waals surface area contributed by atoms with Crippen LogP contribution in [-0.2, 0) is 6.42 Å². The SMILES string of the molecule is CN1CCCN(C)C(c2nc(CC#N)cs2)C1. The Balaban J connectivity index is 2.15. The van der Waals surface area contributed by atoms with Crippen molar-refractivity contribution in [1.82, 2.24) is 14.8 Å². The van der Waals surface area contributed by atoms with Crippen molar-refractivity contribution in [3.63, 3.8) is 0 Å². The Hall–Kier alpha value is -0.960. The van der Waals surface area contributed by atoms with E-state index in [0.29, 0.717) is 12.5 Å². The molecule has 2 rings (SSSR count). The molecule has 1 aromatic heterocycles. The lowest BCUT2D eigenvalue weighted by Crippen LogP contribution is -2.30. The molecule has 1 aliphatic heterocycles. The first-order valence-corrected chi connectivity index (χ1v) is 6.78. The summed E-state index contributed by atoms with van der Waals surface area (Å²) in [7, 11) is 4.32. The maximum Gasteiger partial charge on any atom is 0.111 e. The van der Waals surface area contributed by atoms with E-state index < -0.39 is 0 Å². The molecule has 0 aliphatic carbocycles. The zero-order valence-electron chi connectivity index (χ0n) is 10.4. The first-order valence-electron chi connectivity index (χ1n) is 5.90. The van der Waals surface area contributed by atoms with E-state index in [1.165, 1.54) is 6.42 Å². The third-order valence-corrected chi connectivity index (χ3v) is 4.18. The molecule has 17 heavy (non-hydrogen) atoms. The van der Waals surface area contributed by atoms with Gasteiger partial charge in [-0.1, -0.05) is 0 Å². The van der Waals surface area contributed by atoms with Crippen LogP contribution in [0.3, 0.4) is 0 Å². The van der Waals surface area contributed by atoms with Crippen molar-refractivity contribution in [2.24, 2.45) is 0 Å². The van der Waals surface area contributed by atoms with Gasteiger partial charge in [0.1, 0.15) is 5.01 Å². The zero-order valence-corrected chi connectivity index (χ0v) is 11.2. The summed E-state index contributed by atoms with van der Waals surface area (Å²) in [6.45, 7) is 3.29.